The van der Waals surface area contributed by atoms with Gasteiger partial charge in [-0.1, -0.05) is 27.2 Å². The summed E-state index contributed by atoms with van der Waals surface area (Å²) in [6.45, 7) is 8.21. The monoisotopic (exact) mass is 209 g/mol. The molecular formula is C14H27N. The molecular weight excluding hydrogens is 182 g/mol. The van der Waals surface area contributed by atoms with Gasteiger partial charge in [0.25, 0.3) is 0 Å². The highest BCUT2D eigenvalue weighted by Gasteiger charge is 2.55. The van der Waals surface area contributed by atoms with E-state index in [0.717, 1.165) is 29.7 Å². The SMILES string of the molecule is CCCNC(CC(C)C)C1C2CCCC21. The minimum Gasteiger partial charge on any atom is -0.314 e. The van der Waals surface area contributed by atoms with Crippen LogP contribution in [0, 0.1) is 23.7 Å². The number of hydrogen-bond acceptors (Lipinski definition) is 1. The summed E-state index contributed by atoms with van der Waals surface area (Å²) in [5.74, 6) is 4.12. The first-order valence-corrected chi connectivity index (χ1v) is 6.97. The molecule has 1 N–H and O–H groups in total. The van der Waals surface area contributed by atoms with Gasteiger partial charge in [-0.25, -0.2) is 0 Å². The van der Waals surface area contributed by atoms with Crippen molar-refractivity contribution in [3.8, 4) is 0 Å². The molecule has 2 rings (SSSR count). The molecule has 15 heavy (non-hydrogen) atoms. The van der Waals surface area contributed by atoms with Crippen LogP contribution in [0.1, 0.15) is 52.9 Å². The molecule has 2 aliphatic rings. The molecule has 0 radical (unpaired) electrons. The van der Waals surface area contributed by atoms with E-state index in [9.17, 15) is 0 Å². The Bertz CT molecular complexity index is 190. The normalized spacial score (nSPS) is 35.6. The highest BCUT2D eigenvalue weighted by Crippen LogP contribution is 2.59. The maximum absolute atomic E-state index is 3.79. The molecule has 0 aromatic rings. The molecule has 0 saturated heterocycles. The molecule has 0 aromatic carbocycles. The Hall–Kier alpha value is -0.0400. The Kier molecular flexibility index (Phi) is 3.71. The molecule has 2 saturated carbocycles. The van der Waals surface area contributed by atoms with Crippen LogP contribution in [0.25, 0.3) is 0 Å². The number of rotatable bonds is 6. The highest BCUT2D eigenvalue weighted by molar-refractivity contribution is 5.06. The van der Waals surface area contributed by atoms with Gasteiger partial charge in [-0.3, -0.25) is 0 Å². The number of hydrogen-bond donors (Lipinski definition) is 1. The van der Waals surface area contributed by atoms with Crippen molar-refractivity contribution in [2.24, 2.45) is 23.7 Å². The summed E-state index contributed by atoms with van der Waals surface area (Å²) in [4.78, 5) is 0. The summed E-state index contributed by atoms with van der Waals surface area (Å²) in [5, 5.41) is 3.79. The molecule has 3 atom stereocenters. The lowest BCUT2D eigenvalue weighted by molar-refractivity contribution is 0.347. The van der Waals surface area contributed by atoms with E-state index in [1.807, 2.05) is 0 Å². The smallest absolute Gasteiger partial charge is 0.0103 e. The fourth-order valence-corrected chi connectivity index (χ4v) is 3.69. The molecule has 1 nitrogen and oxygen atoms in total. The zero-order valence-electron chi connectivity index (χ0n) is 10.6. The quantitative estimate of drug-likeness (QED) is 0.706. The first-order chi connectivity index (χ1) is 7.24. The van der Waals surface area contributed by atoms with Crippen molar-refractivity contribution < 1.29 is 0 Å². The van der Waals surface area contributed by atoms with Crippen molar-refractivity contribution in [1.82, 2.24) is 5.32 Å². The maximum atomic E-state index is 3.79. The van der Waals surface area contributed by atoms with Gasteiger partial charge in [-0.05, 0) is 55.9 Å². The Morgan fingerprint density at radius 2 is 1.87 bits per heavy atom. The van der Waals surface area contributed by atoms with Gasteiger partial charge < -0.3 is 5.32 Å². The summed E-state index contributed by atoms with van der Waals surface area (Å²) in [5.41, 5.74) is 0. The Morgan fingerprint density at radius 3 is 2.40 bits per heavy atom. The van der Waals surface area contributed by atoms with Crippen LogP contribution in [0.2, 0.25) is 0 Å². The van der Waals surface area contributed by atoms with Crippen LogP contribution >= 0.6 is 0 Å². The number of fused-ring (bicyclic) bond motifs is 1. The molecule has 0 heterocycles. The average molecular weight is 209 g/mol. The largest absolute Gasteiger partial charge is 0.314 e. The molecule has 0 spiro atoms. The molecule has 0 bridgehead atoms. The van der Waals surface area contributed by atoms with Gasteiger partial charge in [0.1, 0.15) is 0 Å². The standard InChI is InChI=1S/C14H27N/c1-4-8-15-13(9-10(2)3)14-11-6-5-7-12(11)14/h10-15H,4-9H2,1-3H3. The summed E-state index contributed by atoms with van der Waals surface area (Å²) < 4.78 is 0. The Balaban J connectivity index is 1.82. The van der Waals surface area contributed by atoms with E-state index >= 15 is 0 Å². The fourth-order valence-electron chi connectivity index (χ4n) is 3.69. The van der Waals surface area contributed by atoms with Crippen molar-refractivity contribution in [1.29, 1.82) is 0 Å². The topological polar surface area (TPSA) is 12.0 Å². The van der Waals surface area contributed by atoms with Crippen LogP contribution < -0.4 is 5.32 Å². The van der Waals surface area contributed by atoms with Gasteiger partial charge in [-0.2, -0.15) is 0 Å². The van der Waals surface area contributed by atoms with Gasteiger partial charge >= 0.3 is 0 Å². The lowest BCUT2D eigenvalue weighted by Crippen LogP contribution is -2.34. The summed E-state index contributed by atoms with van der Waals surface area (Å²) in [7, 11) is 0. The lowest BCUT2D eigenvalue weighted by Gasteiger charge is -2.22. The molecule has 2 fully saturated rings. The van der Waals surface area contributed by atoms with Crippen molar-refractivity contribution in [2.75, 3.05) is 6.54 Å². The summed E-state index contributed by atoms with van der Waals surface area (Å²) in [6, 6.07) is 0.834. The third-order valence-electron chi connectivity index (χ3n) is 4.32. The lowest BCUT2D eigenvalue weighted by atomic mass is 9.95. The second kappa shape index (κ2) is 4.86. The predicted octanol–water partition coefficient (Wildman–Crippen LogP) is 3.45. The molecule has 88 valence electrons. The van der Waals surface area contributed by atoms with Gasteiger partial charge in [0.2, 0.25) is 0 Å². The Labute approximate surface area is 95.0 Å². The van der Waals surface area contributed by atoms with E-state index in [0.29, 0.717) is 0 Å². The van der Waals surface area contributed by atoms with Crippen LogP contribution in [-0.4, -0.2) is 12.6 Å². The van der Waals surface area contributed by atoms with Gasteiger partial charge in [0.15, 0.2) is 0 Å². The number of nitrogens with one attached hydrogen (secondary N) is 1. The van der Waals surface area contributed by atoms with E-state index in [2.05, 4.69) is 26.1 Å². The maximum Gasteiger partial charge on any atom is 0.0103 e. The second-order valence-electron chi connectivity index (χ2n) is 6.03. The first-order valence-electron chi connectivity index (χ1n) is 6.97. The van der Waals surface area contributed by atoms with Crippen molar-refractivity contribution in [2.45, 2.75) is 58.9 Å². The minimum absolute atomic E-state index is 0.834. The second-order valence-corrected chi connectivity index (χ2v) is 6.03. The van der Waals surface area contributed by atoms with E-state index in [4.69, 9.17) is 0 Å². The predicted molar refractivity (Wildman–Crippen MR) is 65.9 cm³/mol. The van der Waals surface area contributed by atoms with Crippen molar-refractivity contribution in [3.63, 3.8) is 0 Å². The highest BCUT2D eigenvalue weighted by atomic mass is 14.9. The van der Waals surface area contributed by atoms with E-state index in [1.54, 1.807) is 0 Å². The van der Waals surface area contributed by atoms with Crippen molar-refractivity contribution in [3.05, 3.63) is 0 Å². The third kappa shape index (κ3) is 2.55. The summed E-state index contributed by atoms with van der Waals surface area (Å²) in [6.07, 6.45) is 7.22. The van der Waals surface area contributed by atoms with Crippen LogP contribution in [0.3, 0.4) is 0 Å². The summed E-state index contributed by atoms with van der Waals surface area (Å²) >= 11 is 0. The van der Waals surface area contributed by atoms with Gasteiger partial charge in [0.05, 0.1) is 0 Å². The van der Waals surface area contributed by atoms with E-state index in [1.165, 1.54) is 38.6 Å². The van der Waals surface area contributed by atoms with Gasteiger partial charge in [0, 0.05) is 6.04 Å². The molecule has 0 aliphatic heterocycles. The molecule has 3 unspecified atom stereocenters. The molecule has 2 aliphatic carbocycles. The van der Waals surface area contributed by atoms with E-state index < -0.39 is 0 Å². The zero-order valence-corrected chi connectivity index (χ0v) is 10.6. The molecule has 0 amide bonds. The fraction of sp³-hybridized carbons (Fsp3) is 1.00. The zero-order chi connectivity index (χ0) is 10.8. The molecule has 0 aromatic heterocycles. The average Bonchev–Trinajstić information content (AvgIpc) is 2.67. The van der Waals surface area contributed by atoms with E-state index in [-0.39, 0.29) is 0 Å². The molecule has 1 heteroatoms. The van der Waals surface area contributed by atoms with Crippen LogP contribution in [0.5, 0.6) is 0 Å². The Morgan fingerprint density at radius 1 is 1.20 bits per heavy atom. The first kappa shape index (κ1) is 11.4. The third-order valence-corrected chi connectivity index (χ3v) is 4.32. The minimum atomic E-state index is 0.834. The van der Waals surface area contributed by atoms with Crippen molar-refractivity contribution >= 4 is 0 Å². The van der Waals surface area contributed by atoms with Crippen LogP contribution in [-0.2, 0) is 0 Å². The van der Waals surface area contributed by atoms with Gasteiger partial charge in [-0.15, -0.1) is 0 Å². The van der Waals surface area contributed by atoms with Crippen LogP contribution in [0.4, 0.5) is 0 Å². The van der Waals surface area contributed by atoms with Crippen LogP contribution in [0.15, 0.2) is 0 Å².